The molecule has 0 amide bonds. The van der Waals surface area contributed by atoms with Gasteiger partial charge in [0.05, 0.1) is 11.5 Å². The molecule has 0 aliphatic carbocycles. The summed E-state index contributed by atoms with van der Waals surface area (Å²) in [5, 5.41) is 10.8. The predicted molar refractivity (Wildman–Crippen MR) is 63.3 cm³/mol. The van der Waals surface area contributed by atoms with Gasteiger partial charge in [0, 0.05) is 11.9 Å². The van der Waals surface area contributed by atoms with E-state index in [1.165, 1.54) is 0 Å². The van der Waals surface area contributed by atoms with Gasteiger partial charge in [-0.2, -0.15) is 0 Å². The summed E-state index contributed by atoms with van der Waals surface area (Å²) in [6.07, 6.45) is 1.56. The summed E-state index contributed by atoms with van der Waals surface area (Å²) in [5.41, 5.74) is 0.935. The molecule has 1 aromatic carbocycles. The Bertz CT molecular complexity index is 368. The Morgan fingerprint density at radius 3 is 2.81 bits per heavy atom. The molecule has 0 saturated carbocycles. The van der Waals surface area contributed by atoms with Crippen molar-refractivity contribution in [3.63, 3.8) is 0 Å². The van der Waals surface area contributed by atoms with E-state index in [-0.39, 0.29) is 5.69 Å². The second kappa shape index (κ2) is 6.33. The van der Waals surface area contributed by atoms with Gasteiger partial charge < -0.3 is 4.74 Å². The third-order valence-electron chi connectivity index (χ3n) is 2.12. The maximum absolute atomic E-state index is 10.8. The fraction of sp³-hybridized carbons (Fsp3) is 0.455. The topological polar surface area (TPSA) is 52.4 Å². The van der Waals surface area contributed by atoms with Crippen LogP contribution in [0.1, 0.15) is 18.9 Å². The van der Waals surface area contributed by atoms with Crippen molar-refractivity contribution in [2.24, 2.45) is 0 Å². The normalized spacial score (nSPS) is 10.1. The van der Waals surface area contributed by atoms with Crippen LogP contribution >= 0.6 is 11.6 Å². The van der Waals surface area contributed by atoms with Gasteiger partial charge in [-0.1, -0.05) is 6.07 Å². The van der Waals surface area contributed by atoms with Crippen LogP contribution in [-0.4, -0.2) is 17.4 Å². The van der Waals surface area contributed by atoms with Gasteiger partial charge in [0.15, 0.2) is 5.75 Å². The standard InChI is InChI=1S/C11H14ClNO3/c1-2-16-11-6-5-9(4-3-7-12)8-10(11)13(14)15/h5-6,8H,2-4,7H2,1H3. The van der Waals surface area contributed by atoms with E-state index >= 15 is 0 Å². The molecule has 1 aromatic rings. The molecule has 0 spiro atoms. The molecular weight excluding hydrogens is 230 g/mol. The van der Waals surface area contributed by atoms with Crippen LogP contribution in [0.4, 0.5) is 5.69 Å². The highest BCUT2D eigenvalue weighted by Gasteiger charge is 2.15. The number of benzene rings is 1. The van der Waals surface area contributed by atoms with Crippen LogP contribution in [0.3, 0.4) is 0 Å². The highest BCUT2D eigenvalue weighted by molar-refractivity contribution is 6.17. The quantitative estimate of drug-likeness (QED) is 0.438. The van der Waals surface area contributed by atoms with Crippen LogP contribution < -0.4 is 4.74 Å². The van der Waals surface area contributed by atoms with Gasteiger partial charge in [0.25, 0.3) is 0 Å². The lowest BCUT2D eigenvalue weighted by atomic mass is 10.1. The molecular formula is C11H14ClNO3. The first-order chi connectivity index (χ1) is 7.69. The fourth-order valence-corrected chi connectivity index (χ4v) is 1.54. The molecule has 0 heterocycles. The zero-order valence-corrected chi connectivity index (χ0v) is 9.87. The van der Waals surface area contributed by atoms with Crippen LogP contribution in [-0.2, 0) is 6.42 Å². The molecule has 0 aliphatic rings. The molecule has 4 nitrogen and oxygen atoms in total. The summed E-state index contributed by atoms with van der Waals surface area (Å²) < 4.78 is 5.19. The van der Waals surface area contributed by atoms with Gasteiger partial charge in [-0.25, -0.2) is 0 Å². The van der Waals surface area contributed by atoms with E-state index in [4.69, 9.17) is 16.3 Å². The van der Waals surface area contributed by atoms with Gasteiger partial charge in [0.2, 0.25) is 0 Å². The summed E-state index contributed by atoms with van der Waals surface area (Å²) >= 11 is 5.58. The average Bonchev–Trinajstić information content (AvgIpc) is 2.27. The molecule has 0 fully saturated rings. The molecule has 0 unspecified atom stereocenters. The summed E-state index contributed by atoms with van der Waals surface area (Å²) in [4.78, 5) is 10.4. The van der Waals surface area contributed by atoms with E-state index in [0.29, 0.717) is 18.2 Å². The van der Waals surface area contributed by atoms with Crippen molar-refractivity contribution in [3.05, 3.63) is 33.9 Å². The first kappa shape index (κ1) is 12.8. The number of aryl methyl sites for hydroxylation is 1. The van der Waals surface area contributed by atoms with E-state index in [0.717, 1.165) is 18.4 Å². The van der Waals surface area contributed by atoms with Gasteiger partial charge in [-0.05, 0) is 31.4 Å². The number of rotatable bonds is 6. The van der Waals surface area contributed by atoms with E-state index in [1.807, 2.05) is 6.07 Å². The molecule has 16 heavy (non-hydrogen) atoms. The van der Waals surface area contributed by atoms with Gasteiger partial charge in [0.1, 0.15) is 0 Å². The molecule has 0 radical (unpaired) electrons. The van der Waals surface area contributed by atoms with E-state index in [9.17, 15) is 10.1 Å². The molecule has 1 rings (SSSR count). The van der Waals surface area contributed by atoms with Crippen molar-refractivity contribution in [3.8, 4) is 5.75 Å². The summed E-state index contributed by atoms with van der Waals surface area (Å²) in [5.74, 6) is 0.878. The molecule has 0 saturated heterocycles. The Hall–Kier alpha value is -1.29. The number of nitrogens with zero attached hydrogens (tertiary/aromatic N) is 1. The van der Waals surface area contributed by atoms with E-state index in [2.05, 4.69) is 0 Å². The zero-order valence-electron chi connectivity index (χ0n) is 9.11. The highest BCUT2D eigenvalue weighted by Crippen LogP contribution is 2.28. The van der Waals surface area contributed by atoms with Crippen LogP contribution in [0.5, 0.6) is 5.75 Å². The predicted octanol–water partition coefficient (Wildman–Crippen LogP) is 3.16. The SMILES string of the molecule is CCOc1ccc(CCCCl)cc1[N+](=O)[O-]. The van der Waals surface area contributed by atoms with E-state index < -0.39 is 4.92 Å². The monoisotopic (exact) mass is 243 g/mol. The van der Waals surface area contributed by atoms with Crippen LogP contribution in [0, 0.1) is 10.1 Å². The summed E-state index contributed by atoms with van der Waals surface area (Å²) in [6.45, 7) is 2.22. The van der Waals surface area contributed by atoms with E-state index in [1.54, 1.807) is 19.1 Å². The van der Waals surface area contributed by atoms with Crippen molar-refractivity contribution >= 4 is 17.3 Å². The molecule has 0 N–H and O–H groups in total. The Labute approximate surface area is 99.3 Å². The van der Waals surface area contributed by atoms with Crippen molar-refractivity contribution in [1.29, 1.82) is 0 Å². The second-order valence-corrected chi connectivity index (χ2v) is 3.66. The largest absolute Gasteiger partial charge is 0.487 e. The van der Waals surface area contributed by atoms with Crippen molar-refractivity contribution < 1.29 is 9.66 Å². The number of nitro groups is 1. The number of alkyl halides is 1. The third kappa shape index (κ3) is 3.38. The zero-order chi connectivity index (χ0) is 12.0. The Morgan fingerprint density at radius 1 is 1.50 bits per heavy atom. The summed E-state index contributed by atoms with van der Waals surface area (Å²) in [7, 11) is 0. The third-order valence-corrected chi connectivity index (χ3v) is 2.39. The molecule has 88 valence electrons. The molecule has 0 aromatic heterocycles. The number of hydrogen-bond acceptors (Lipinski definition) is 3. The maximum Gasteiger partial charge on any atom is 0.311 e. The first-order valence-corrected chi connectivity index (χ1v) is 5.68. The average molecular weight is 244 g/mol. The van der Waals surface area contributed by atoms with Crippen molar-refractivity contribution in [2.75, 3.05) is 12.5 Å². The Balaban J connectivity index is 2.93. The molecule has 0 bridgehead atoms. The maximum atomic E-state index is 10.8. The molecule has 0 atom stereocenters. The van der Waals surface area contributed by atoms with Crippen LogP contribution in [0.15, 0.2) is 18.2 Å². The van der Waals surface area contributed by atoms with Crippen LogP contribution in [0.2, 0.25) is 0 Å². The Kier molecular flexibility index (Phi) is 5.05. The van der Waals surface area contributed by atoms with Crippen LogP contribution in [0.25, 0.3) is 0 Å². The fourth-order valence-electron chi connectivity index (χ4n) is 1.41. The lowest BCUT2D eigenvalue weighted by Gasteiger charge is -2.05. The second-order valence-electron chi connectivity index (χ2n) is 3.28. The summed E-state index contributed by atoms with van der Waals surface area (Å²) in [6, 6.07) is 5.04. The minimum absolute atomic E-state index is 0.0222. The smallest absolute Gasteiger partial charge is 0.311 e. The molecule has 0 aliphatic heterocycles. The lowest BCUT2D eigenvalue weighted by Crippen LogP contribution is -1.98. The minimum Gasteiger partial charge on any atom is -0.487 e. The van der Waals surface area contributed by atoms with Crippen molar-refractivity contribution in [2.45, 2.75) is 19.8 Å². The lowest BCUT2D eigenvalue weighted by molar-refractivity contribution is -0.385. The van der Waals surface area contributed by atoms with Gasteiger partial charge in [-0.15, -0.1) is 11.6 Å². The van der Waals surface area contributed by atoms with Crippen molar-refractivity contribution in [1.82, 2.24) is 0 Å². The van der Waals surface area contributed by atoms with Gasteiger partial charge in [-0.3, -0.25) is 10.1 Å². The number of halogens is 1. The molecule has 5 heteroatoms. The number of nitro benzene ring substituents is 1. The van der Waals surface area contributed by atoms with Gasteiger partial charge >= 0.3 is 5.69 Å². The minimum atomic E-state index is -0.421. The number of hydrogen-bond donors (Lipinski definition) is 0. The Morgan fingerprint density at radius 2 is 2.25 bits per heavy atom. The number of ether oxygens (including phenoxy) is 1. The first-order valence-electron chi connectivity index (χ1n) is 5.15. The highest BCUT2D eigenvalue weighted by atomic mass is 35.5.